The Labute approximate surface area is 185 Å². The number of aliphatic imine (C=N–C) groups is 1. The third-order valence-electron chi connectivity index (χ3n) is 4.48. The number of carbonyl (C=O) groups excluding carboxylic acids is 2. The quantitative estimate of drug-likeness (QED) is 0.0996. The maximum Gasteiger partial charge on any atom is 0.326 e. The van der Waals surface area contributed by atoms with Gasteiger partial charge in [-0.25, -0.2) is 4.79 Å². The van der Waals surface area contributed by atoms with Crippen molar-refractivity contribution >= 4 is 29.7 Å². The van der Waals surface area contributed by atoms with Crippen LogP contribution in [0.3, 0.4) is 0 Å². The second-order valence-corrected chi connectivity index (χ2v) is 7.14. The predicted octanol–water partition coefficient (Wildman–Crippen LogP) is -1.47. The van der Waals surface area contributed by atoms with Gasteiger partial charge in [0, 0.05) is 19.4 Å². The zero-order chi connectivity index (χ0) is 24.1. The molecule has 1 rings (SSSR count). The summed E-state index contributed by atoms with van der Waals surface area (Å²) in [5.74, 6) is -3.88. The summed E-state index contributed by atoms with van der Waals surface area (Å²) >= 11 is 0. The Balaban J connectivity index is 2.87. The van der Waals surface area contributed by atoms with Crippen LogP contribution in [0.25, 0.3) is 0 Å². The van der Waals surface area contributed by atoms with Gasteiger partial charge in [-0.2, -0.15) is 0 Å². The summed E-state index contributed by atoms with van der Waals surface area (Å²) in [6, 6.07) is 5.35. The van der Waals surface area contributed by atoms with Gasteiger partial charge in [-0.1, -0.05) is 30.3 Å². The molecule has 0 bridgehead atoms. The van der Waals surface area contributed by atoms with E-state index in [2.05, 4.69) is 15.6 Å². The first-order valence-corrected chi connectivity index (χ1v) is 10.0. The molecule has 3 atom stereocenters. The zero-order valence-corrected chi connectivity index (χ0v) is 17.6. The molecule has 0 saturated heterocycles. The molecule has 0 heterocycles. The Morgan fingerprint density at radius 2 is 1.56 bits per heavy atom. The van der Waals surface area contributed by atoms with Gasteiger partial charge in [0.1, 0.15) is 12.1 Å². The van der Waals surface area contributed by atoms with Gasteiger partial charge in [0.05, 0.1) is 6.04 Å². The van der Waals surface area contributed by atoms with Crippen LogP contribution in [0.4, 0.5) is 0 Å². The standard InChI is InChI=1S/C20H30N6O6/c21-13(8-9-16(27)28)17(29)26-15(11-12-5-2-1-3-6-12)18(30)25-14(19(31)32)7-4-10-24-20(22)23/h1-3,5-6,13-15H,4,7-11,21H2,(H,25,30)(H,26,29)(H,27,28)(H,31,32)(H4,22,23,24)/t13-,14-,15-/m0/s1. The molecule has 0 aliphatic carbocycles. The highest BCUT2D eigenvalue weighted by atomic mass is 16.4. The molecular weight excluding hydrogens is 420 g/mol. The molecule has 32 heavy (non-hydrogen) atoms. The summed E-state index contributed by atoms with van der Waals surface area (Å²) in [5.41, 5.74) is 16.9. The third kappa shape index (κ3) is 10.4. The lowest BCUT2D eigenvalue weighted by Gasteiger charge is -2.23. The number of amides is 2. The van der Waals surface area contributed by atoms with Crippen molar-refractivity contribution in [1.82, 2.24) is 10.6 Å². The first-order valence-electron chi connectivity index (χ1n) is 10.0. The summed E-state index contributed by atoms with van der Waals surface area (Å²) in [6.45, 7) is 0.199. The lowest BCUT2D eigenvalue weighted by Crippen LogP contribution is -2.55. The Bertz CT molecular complexity index is 812. The van der Waals surface area contributed by atoms with Crippen LogP contribution in [0.15, 0.2) is 35.3 Å². The van der Waals surface area contributed by atoms with E-state index in [0.717, 1.165) is 5.56 Å². The Morgan fingerprint density at radius 1 is 0.938 bits per heavy atom. The van der Waals surface area contributed by atoms with E-state index >= 15 is 0 Å². The van der Waals surface area contributed by atoms with Crippen LogP contribution in [0.1, 0.15) is 31.2 Å². The van der Waals surface area contributed by atoms with Crippen LogP contribution in [0.2, 0.25) is 0 Å². The molecule has 0 aliphatic heterocycles. The molecule has 12 heteroatoms. The molecule has 0 aliphatic rings. The minimum Gasteiger partial charge on any atom is -0.481 e. The molecule has 10 N–H and O–H groups in total. The van der Waals surface area contributed by atoms with Crippen molar-refractivity contribution in [3.63, 3.8) is 0 Å². The minimum absolute atomic E-state index is 0.0714. The van der Waals surface area contributed by atoms with Crippen LogP contribution in [0.5, 0.6) is 0 Å². The molecule has 0 unspecified atom stereocenters. The van der Waals surface area contributed by atoms with E-state index in [1.54, 1.807) is 30.3 Å². The molecule has 0 fully saturated rings. The van der Waals surface area contributed by atoms with Crippen LogP contribution in [-0.2, 0) is 25.6 Å². The normalized spacial score (nSPS) is 13.3. The molecule has 0 aromatic heterocycles. The topological polar surface area (TPSA) is 223 Å². The van der Waals surface area contributed by atoms with Crippen molar-refractivity contribution in [2.45, 2.75) is 50.2 Å². The number of carboxylic acids is 2. The highest BCUT2D eigenvalue weighted by molar-refractivity contribution is 5.92. The number of rotatable bonds is 14. The number of nitrogens with one attached hydrogen (secondary N) is 2. The van der Waals surface area contributed by atoms with Gasteiger partial charge in [-0.15, -0.1) is 0 Å². The van der Waals surface area contributed by atoms with Crippen LogP contribution >= 0.6 is 0 Å². The summed E-state index contributed by atoms with van der Waals surface area (Å²) in [4.78, 5) is 51.3. The van der Waals surface area contributed by atoms with E-state index in [-0.39, 0.29) is 38.2 Å². The smallest absolute Gasteiger partial charge is 0.326 e. The highest BCUT2D eigenvalue weighted by Gasteiger charge is 2.28. The summed E-state index contributed by atoms with van der Waals surface area (Å²) in [5, 5.41) is 23.1. The van der Waals surface area contributed by atoms with Crippen molar-refractivity contribution in [3.05, 3.63) is 35.9 Å². The van der Waals surface area contributed by atoms with E-state index < -0.39 is 41.9 Å². The van der Waals surface area contributed by atoms with Crippen molar-refractivity contribution in [2.75, 3.05) is 6.54 Å². The minimum atomic E-state index is -1.24. The van der Waals surface area contributed by atoms with Crippen molar-refractivity contribution in [3.8, 4) is 0 Å². The summed E-state index contributed by atoms with van der Waals surface area (Å²) in [7, 11) is 0. The lowest BCUT2D eigenvalue weighted by molar-refractivity contribution is -0.142. The Hall–Kier alpha value is -3.67. The first kappa shape index (κ1) is 26.4. The number of benzene rings is 1. The molecular formula is C20H30N6O6. The molecule has 176 valence electrons. The fourth-order valence-electron chi connectivity index (χ4n) is 2.78. The number of guanidine groups is 1. The van der Waals surface area contributed by atoms with Crippen LogP contribution < -0.4 is 27.8 Å². The Kier molecular flexibility index (Phi) is 11.2. The zero-order valence-electron chi connectivity index (χ0n) is 17.6. The van der Waals surface area contributed by atoms with Crippen molar-refractivity contribution in [2.24, 2.45) is 22.2 Å². The number of carbonyl (C=O) groups is 4. The number of nitrogens with two attached hydrogens (primary N) is 3. The van der Waals surface area contributed by atoms with Crippen molar-refractivity contribution < 1.29 is 29.4 Å². The number of hydrogen-bond donors (Lipinski definition) is 7. The summed E-state index contributed by atoms with van der Waals surface area (Å²) in [6.07, 6.45) is 0.0573. The third-order valence-corrected chi connectivity index (χ3v) is 4.48. The SMILES string of the molecule is NC(N)=NCCC[C@H](NC(=O)[C@H](Cc1ccccc1)NC(=O)[C@@H](N)CCC(=O)O)C(=O)O. The van der Waals surface area contributed by atoms with Crippen LogP contribution in [-0.4, -0.2) is 64.6 Å². The van der Waals surface area contributed by atoms with Gasteiger partial charge in [0.25, 0.3) is 0 Å². The summed E-state index contributed by atoms with van der Waals surface area (Å²) < 4.78 is 0. The predicted molar refractivity (Wildman–Crippen MR) is 116 cm³/mol. The second kappa shape index (κ2) is 13.6. The number of carboxylic acid groups (broad SMARTS) is 2. The second-order valence-electron chi connectivity index (χ2n) is 7.14. The Morgan fingerprint density at radius 3 is 2.12 bits per heavy atom. The fraction of sp³-hybridized carbons (Fsp3) is 0.450. The molecule has 2 amide bonds. The average molecular weight is 450 g/mol. The van der Waals surface area contributed by atoms with E-state index in [0.29, 0.717) is 6.42 Å². The van der Waals surface area contributed by atoms with E-state index in [1.807, 2.05) is 0 Å². The van der Waals surface area contributed by atoms with Crippen LogP contribution in [0, 0.1) is 0 Å². The molecule has 0 radical (unpaired) electrons. The van der Waals surface area contributed by atoms with Gasteiger partial charge < -0.3 is 38.0 Å². The maximum absolute atomic E-state index is 12.8. The van der Waals surface area contributed by atoms with Gasteiger partial charge in [0.2, 0.25) is 11.8 Å². The van der Waals surface area contributed by atoms with Gasteiger partial charge in [-0.3, -0.25) is 19.4 Å². The molecule has 1 aromatic carbocycles. The van der Waals surface area contributed by atoms with Gasteiger partial charge >= 0.3 is 11.9 Å². The monoisotopic (exact) mass is 450 g/mol. The maximum atomic E-state index is 12.8. The lowest BCUT2D eigenvalue weighted by atomic mass is 10.0. The van der Waals surface area contributed by atoms with Crippen molar-refractivity contribution in [1.29, 1.82) is 0 Å². The van der Waals surface area contributed by atoms with E-state index in [1.165, 1.54) is 0 Å². The molecule has 0 spiro atoms. The van der Waals surface area contributed by atoms with Gasteiger partial charge in [0.15, 0.2) is 5.96 Å². The molecule has 12 nitrogen and oxygen atoms in total. The highest BCUT2D eigenvalue weighted by Crippen LogP contribution is 2.07. The fourth-order valence-corrected chi connectivity index (χ4v) is 2.78. The first-order chi connectivity index (χ1) is 15.1. The van der Waals surface area contributed by atoms with Gasteiger partial charge in [-0.05, 0) is 24.8 Å². The molecule has 0 saturated carbocycles. The average Bonchev–Trinajstić information content (AvgIpc) is 2.73. The number of nitrogens with zero attached hydrogens (tertiary/aromatic N) is 1. The number of aliphatic carboxylic acids is 2. The largest absolute Gasteiger partial charge is 0.481 e. The number of hydrogen-bond acceptors (Lipinski definition) is 6. The molecule has 1 aromatic rings. The van der Waals surface area contributed by atoms with E-state index in [4.69, 9.17) is 22.3 Å². The van der Waals surface area contributed by atoms with E-state index in [9.17, 15) is 24.3 Å².